The molecule has 1 aromatic rings. The zero-order chi connectivity index (χ0) is 14.9. The fraction of sp³-hybridized carbons (Fsp3) is 0.611. The molecule has 1 saturated heterocycles. The molecule has 2 heterocycles. The van der Waals surface area contributed by atoms with Crippen LogP contribution in [0.25, 0.3) is 0 Å². The van der Waals surface area contributed by atoms with Gasteiger partial charge in [0.25, 0.3) is 0 Å². The fourth-order valence-corrected chi connectivity index (χ4v) is 3.97. The van der Waals surface area contributed by atoms with E-state index in [4.69, 9.17) is 0 Å². The van der Waals surface area contributed by atoms with Crippen LogP contribution in [-0.2, 0) is 17.8 Å². The van der Waals surface area contributed by atoms with Gasteiger partial charge in [-0.2, -0.15) is 0 Å². The maximum absolute atomic E-state index is 12.4. The molecule has 0 saturated carbocycles. The van der Waals surface area contributed by atoms with E-state index in [1.54, 1.807) is 0 Å². The van der Waals surface area contributed by atoms with E-state index in [0.29, 0.717) is 6.42 Å². The third kappa shape index (κ3) is 2.71. The number of carbonyl (C=O) groups is 1. The summed E-state index contributed by atoms with van der Waals surface area (Å²) in [4.78, 5) is 17.0. The Kier molecular flexibility index (Phi) is 4.03. The number of likely N-dealkylation sites (tertiary alicyclic amines) is 1. The van der Waals surface area contributed by atoms with Crippen LogP contribution < -0.4 is 0 Å². The third-order valence-corrected chi connectivity index (χ3v) is 5.33. The summed E-state index contributed by atoms with van der Waals surface area (Å²) in [6.07, 6.45) is 5.43. The molecule has 1 spiro atoms. The van der Waals surface area contributed by atoms with E-state index in [1.807, 2.05) is 6.92 Å². The second kappa shape index (κ2) is 5.80. The Labute approximate surface area is 127 Å². The molecule has 1 atom stereocenters. The number of hydrogen-bond donors (Lipinski definition) is 0. The van der Waals surface area contributed by atoms with Crippen molar-refractivity contribution < 1.29 is 4.79 Å². The standard InChI is InChI=1S/C18H26N2O/c1-3-17(21)20-13-16-9-5-4-8-15(16)12-18(14-20)10-6-7-11-19(18)2/h4-5,8-9H,3,6-7,10-14H2,1-2H3. The van der Waals surface area contributed by atoms with Gasteiger partial charge in [-0.3, -0.25) is 9.69 Å². The third-order valence-electron chi connectivity index (χ3n) is 5.33. The molecular formula is C18H26N2O. The second-order valence-corrected chi connectivity index (χ2v) is 6.65. The zero-order valence-electron chi connectivity index (χ0n) is 13.3. The largest absolute Gasteiger partial charge is 0.337 e. The van der Waals surface area contributed by atoms with Crippen molar-refractivity contribution in [3.63, 3.8) is 0 Å². The number of benzene rings is 1. The van der Waals surface area contributed by atoms with Crippen molar-refractivity contribution in [2.75, 3.05) is 20.1 Å². The second-order valence-electron chi connectivity index (χ2n) is 6.65. The van der Waals surface area contributed by atoms with E-state index in [-0.39, 0.29) is 11.4 Å². The number of carbonyl (C=O) groups excluding carboxylic acids is 1. The van der Waals surface area contributed by atoms with Gasteiger partial charge in [-0.25, -0.2) is 0 Å². The lowest BCUT2D eigenvalue weighted by Gasteiger charge is -2.47. The topological polar surface area (TPSA) is 23.6 Å². The Balaban J connectivity index is 2.00. The van der Waals surface area contributed by atoms with Crippen molar-refractivity contribution in [2.24, 2.45) is 0 Å². The van der Waals surface area contributed by atoms with Gasteiger partial charge < -0.3 is 4.90 Å². The molecule has 0 bridgehead atoms. The summed E-state index contributed by atoms with van der Waals surface area (Å²) >= 11 is 0. The molecule has 0 aromatic heterocycles. The van der Waals surface area contributed by atoms with E-state index < -0.39 is 0 Å². The molecule has 2 aliphatic rings. The number of piperidine rings is 1. The van der Waals surface area contributed by atoms with Gasteiger partial charge >= 0.3 is 0 Å². The Bertz CT molecular complexity index is 528. The predicted molar refractivity (Wildman–Crippen MR) is 85.1 cm³/mol. The van der Waals surface area contributed by atoms with E-state index in [0.717, 1.165) is 26.1 Å². The highest BCUT2D eigenvalue weighted by atomic mass is 16.2. The van der Waals surface area contributed by atoms with Crippen molar-refractivity contribution in [1.29, 1.82) is 0 Å². The number of nitrogens with zero attached hydrogens (tertiary/aromatic N) is 2. The zero-order valence-corrected chi connectivity index (χ0v) is 13.3. The van der Waals surface area contributed by atoms with E-state index in [2.05, 4.69) is 41.1 Å². The number of likely N-dealkylation sites (N-methyl/N-ethyl adjacent to an activating group) is 1. The van der Waals surface area contributed by atoms with Crippen molar-refractivity contribution in [3.8, 4) is 0 Å². The minimum Gasteiger partial charge on any atom is -0.337 e. The molecule has 0 aliphatic carbocycles. The van der Waals surface area contributed by atoms with Gasteiger partial charge in [0.05, 0.1) is 0 Å². The van der Waals surface area contributed by atoms with Gasteiger partial charge in [0.15, 0.2) is 0 Å². The maximum Gasteiger partial charge on any atom is 0.222 e. The van der Waals surface area contributed by atoms with E-state index in [9.17, 15) is 4.79 Å². The van der Waals surface area contributed by atoms with Gasteiger partial charge in [-0.1, -0.05) is 37.6 Å². The Hall–Kier alpha value is -1.35. The summed E-state index contributed by atoms with van der Waals surface area (Å²) in [6.45, 7) is 4.77. The minimum absolute atomic E-state index is 0.135. The molecule has 21 heavy (non-hydrogen) atoms. The normalized spacial score (nSPS) is 26.5. The lowest BCUT2D eigenvalue weighted by atomic mass is 9.81. The molecule has 1 aromatic carbocycles. The van der Waals surface area contributed by atoms with Crippen LogP contribution in [0.3, 0.4) is 0 Å². The number of rotatable bonds is 1. The summed E-state index contributed by atoms with van der Waals surface area (Å²) < 4.78 is 0. The fourth-order valence-electron chi connectivity index (χ4n) is 3.97. The van der Waals surface area contributed by atoms with Crippen molar-refractivity contribution in [3.05, 3.63) is 35.4 Å². The quantitative estimate of drug-likeness (QED) is 0.792. The van der Waals surface area contributed by atoms with Gasteiger partial charge in [-0.05, 0) is 44.0 Å². The summed E-state index contributed by atoms with van der Waals surface area (Å²) in [5.74, 6) is 0.282. The minimum atomic E-state index is 0.135. The van der Waals surface area contributed by atoms with Gasteiger partial charge in [-0.15, -0.1) is 0 Å². The molecule has 1 unspecified atom stereocenters. The van der Waals surface area contributed by atoms with Crippen LogP contribution in [0.5, 0.6) is 0 Å². The Morgan fingerprint density at radius 3 is 2.71 bits per heavy atom. The molecule has 3 nitrogen and oxygen atoms in total. The Morgan fingerprint density at radius 2 is 2.00 bits per heavy atom. The van der Waals surface area contributed by atoms with Crippen LogP contribution in [0.1, 0.15) is 43.7 Å². The highest BCUT2D eigenvalue weighted by Gasteiger charge is 2.41. The van der Waals surface area contributed by atoms with Gasteiger partial charge in [0.1, 0.15) is 0 Å². The molecule has 1 fully saturated rings. The first-order valence-corrected chi connectivity index (χ1v) is 8.20. The average molecular weight is 286 g/mol. The maximum atomic E-state index is 12.4. The molecular weight excluding hydrogens is 260 g/mol. The highest BCUT2D eigenvalue weighted by Crippen LogP contribution is 2.35. The predicted octanol–water partition coefficient (Wildman–Crippen LogP) is 2.84. The molecule has 3 rings (SSSR count). The molecule has 114 valence electrons. The number of hydrogen-bond acceptors (Lipinski definition) is 2. The SMILES string of the molecule is CCC(=O)N1Cc2ccccc2CC2(CCCCN2C)C1. The summed E-state index contributed by atoms with van der Waals surface area (Å²) in [7, 11) is 2.24. The lowest BCUT2D eigenvalue weighted by Crippen LogP contribution is -2.57. The molecule has 3 heteroatoms. The highest BCUT2D eigenvalue weighted by molar-refractivity contribution is 5.76. The molecule has 0 radical (unpaired) electrons. The number of amides is 1. The van der Waals surface area contributed by atoms with Crippen LogP contribution in [0.4, 0.5) is 0 Å². The van der Waals surface area contributed by atoms with Crippen LogP contribution >= 0.6 is 0 Å². The molecule has 2 aliphatic heterocycles. The molecule has 1 amide bonds. The Morgan fingerprint density at radius 1 is 1.24 bits per heavy atom. The van der Waals surface area contributed by atoms with Crippen molar-refractivity contribution in [1.82, 2.24) is 9.80 Å². The number of fused-ring (bicyclic) bond motifs is 1. The van der Waals surface area contributed by atoms with Crippen LogP contribution in [0.2, 0.25) is 0 Å². The summed E-state index contributed by atoms with van der Waals surface area (Å²) in [5.41, 5.74) is 2.89. The average Bonchev–Trinajstić information content (AvgIpc) is 2.67. The van der Waals surface area contributed by atoms with Gasteiger partial charge in [0.2, 0.25) is 5.91 Å². The summed E-state index contributed by atoms with van der Waals surface area (Å²) in [5, 5.41) is 0. The van der Waals surface area contributed by atoms with Crippen LogP contribution in [0.15, 0.2) is 24.3 Å². The van der Waals surface area contributed by atoms with Crippen molar-refractivity contribution >= 4 is 5.91 Å². The summed E-state index contributed by atoms with van der Waals surface area (Å²) in [6, 6.07) is 8.66. The molecule has 0 N–H and O–H groups in total. The van der Waals surface area contributed by atoms with Gasteiger partial charge in [0, 0.05) is 25.0 Å². The lowest BCUT2D eigenvalue weighted by molar-refractivity contribution is -0.133. The van der Waals surface area contributed by atoms with Crippen molar-refractivity contribution in [2.45, 2.75) is 51.1 Å². The monoisotopic (exact) mass is 286 g/mol. The van der Waals surface area contributed by atoms with Crippen LogP contribution in [0, 0.1) is 0 Å². The first-order valence-electron chi connectivity index (χ1n) is 8.20. The first kappa shape index (κ1) is 14.6. The van der Waals surface area contributed by atoms with E-state index >= 15 is 0 Å². The van der Waals surface area contributed by atoms with E-state index in [1.165, 1.54) is 30.4 Å². The first-order chi connectivity index (χ1) is 10.1. The van der Waals surface area contributed by atoms with Crippen LogP contribution in [-0.4, -0.2) is 41.4 Å². The smallest absolute Gasteiger partial charge is 0.222 e.